The van der Waals surface area contributed by atoms with Crippen molar-refractivity contribution < 1.29 is 9.53 Å². The number of fused-ring (bicyclic) bond motifs is 1. The van der Waals surface area contributed by atoms with Crippen molar-refractivity contribution in [1.82, 2.24) is 15.5 Å². The highest BCUT2D eigenvalue weighted by atomic mass is 16.5. The molecule has 0 spiro atoms. The minimum Gasteiger partial charge on any atom is -0.493 e. The Labute approximate surface area is 125 Å². The second kappa shape index (κ2) is 6.45. The van der Waals surface area contributed by atoms with Crippen LogP contribution in [0.15, 0.2) is 24.3 Å². The lowest BCUT2D eigenvalue weighted by Crippen LogP contribution is -2.58. The van der Waals surface area contributed by atoms with Crippen molar-refractivity contribution >= 4 is 5.91 Å². The van der Waals surface area contributed by atoms with E-state index in [1.54, 1.807) is 0 Å². The first kappa shape index (κ1) is 14.4. The molecule has 1 saturated heterocycles. The molecule has 0 aliphatic carbocycles. The van der Waals surface area contributed by atoms with Crippen molar-refractivity contribution in [3.63, 3.8) is 0 Å². The molecule has 2 heterocycles. The summed E-state index contributed by atoms with van der Waals surface area (Å²) in [4.78, 5) is 14.5. The second-order valence-electron chi connectivity index (χ2n) is 5.66. The van der Waals surface area contributed by atoms with Crippen molar-refractivity contribution in [2.24, 2.45) is 0 Å². The van der Waals surface area contributed by atoms with Gasteiger partial charge in [-0.05, 0) is 13.0 Å². The van der Waals surface area contributed by atoms with Gasteiger partial charge in [0.2, 0.25) is 5.91 Å². The number of nitrogens with zero attached hydrogens (tertiary/aromatic N) is 1. The van der Waals surface area contributed by atoms with E-state index in [0.717, 1.165) is 31.9 Å². The summed E-state index contributed by atoms with van der Waals surface area (Å²) in [6, 6.07) is 8.14. The number of nitrogens with one attached hydrogen (secondary N) is 2. The third kappa shape index (κ3) is 3.04. The molecule has 0 bridgehead atoms. The first-order valence-corrected chi connectivity index (χ1v) is 7.73. The molecular formula is C16H23N3O2. The topological polar surface area (TPSA) is 53.6 Å². The van der Waals surface area contributed by atoms with Gasteiger partial charge in [-0.3, -0.25) is 9.69 Å². The van der Waals surface area contributed by atoms with Gasteiger partial charge in [0.25, 0.3) is 0 Å². The quantitative estimate of drug-likeness (QED) is 0.851. The molecule has 2 N–H and O–H groups in total. The zero-order valence-corrected chi connectivity index (χ0v) is 12.5. The zero-order chi connectivity index (χ0) is 14.7. The van der Waals surface area contributed by atoms with Gasteiger partial charge in [0, 0.05) is 44.2 Å². The van der Waals surface area contributed by atoms with Crippen LogP contribution in [0.1, 0.15) is 18.4 Å². The fraction of sp³-hybridized carbons (Fsp3) is 0.562. The number of hydrogen-bond donors (Lipinski definition) is 2. The van der Waals surface area contributed by atoms with Gasteiger partial charge in [-0.25, -0.2) is 0 Å². The van der Waals surface area contributed by atoms with Crippen molar-refractivity contribution in [2.75, 3.05) is 39.3 Å². The second-order valence-corrected chi connectivity index (χ2v) is 5.66. The summed E-state index contributed by atoms with van der Waals surface area (Å²) in [6.45, 7) is 6.79. The van der Waals surface area contributed by atoms with Crippen LogP contribution in [0, 0.1) is 0 Å². The maximum atomic E-state index is 12.2. The van der Waals surface area contributed by atoms with Crippen LogP contribution in [0.3, 0.4) is 0 Å². The molecular weight excluding hydrogens is 266 g/mol. The first-order valence-electron chi connectivity index (χ1n) is 7.73. The van der Waals surface area contributed by atoms with E-state index >= 15 is 0 Å². The van der Waals surface area contributed by atoms with Gasteiger partial charge in [-0.15, -0.1) is 0 Å². The van der Waals surface area contributed by atoms with Crippen LogP contribution >= 0.6 is 0 Å². The van der Waals surface area contributed by atoms with Crippen LogP contribution in [0.4, 0.5) is 0 Å². The Kier molecular flexibility index (Phi) is 4.41. The number of rotatable bonds is 4. The molecule has 1 fully saturated rings. The van der Waals surface area contributed by atoms with Gasteiger partial charge in [0.05, 0.1) is 6.61 Å². The van der Waals surface area contributed by atoms with E-state index in [1.807, 2.05) is 19.1 Å². The predicted molar refractivity (Wildman–Crippen MR) is 81.6 cm³/mol. The molecule has 2 aliphatic rings. The standard InChI is InChI=1S/C16H23N3O2/c1-2-18-16(20)14-9-17-7-8-19(14)10-12-11-21-15-6-4-3-5-13(12)15/h3-6,12,14,17H,2,7-11H2,1H3,(H,18,20). The number of piperazine rings is 1. The van der Waals surface area contributed by atoms with Crippen molar-refractivity contribution in [2.45, 2.75) is 18.9 Å². The molecule has 1 aromatic carbocycles. The van der Waals surface area contributed by atoms with Crippen LogP contribution in [-0.4, -0.2) is 56.2 Å². The van der Waals surface area contributed by atoms with E-state index in [2.05, 4.69) is 27.7 Å². The van der Waals surface area contributed by atoms with Gasteiger partial charge in [-0.1, -0.05) is 18.2 Å². The van der Waals surface area contributed by atoms with E-state index in [-0.39, 0.29) is 11.9 Å². The van der Waals surface area contributed by atoms with Crippen molar-refractivity contribution in [3.05, 3.63) is 29.8 Å². The molecule has 2 unspecified atom stereocenters. The molecule has 0 aromatic heterocycles. The van der Waals surface area contributed by atoms with Gasteiger partial charge in [0.15, 0.2) is 0 Å². The van der Waals surface area contributed by atoms with Crippen molar-refractivity contribution in [1.29, 1.82) is 0 Å². The molecule has 0 radical (unpaired) electrons. The SMILES string of the molecule is CCNC(=O)C1CNCCN1CC1COc2ccccc21. The van der Waals surface area contributed by atoms with E-state index in [9.17, 15) is 4.79 Å². The number of carbonyl (C=O) groups is 1. The molecule has 1 aromatic rings. The number of para-hydroxylation sites is 1. The number of hydrogen-bond acceptors (Lipinski definition) is 4. The van der Waals surface area contributed by atoms with Gasteiger partial charge in [0.1, 0.15) is 11.8 Å². The normalized spacial score (nSPS) is 25.2. The molecule has 5 heteroatoms. The number of likely N-dealkylation sites (N-methyl/N-ethyl adjacent to an activating group) is 1. The van der Waals surface area contributed by atoms with E-state index in [1.165, 1.54) is 5.56 Å². The van der Waals surface area contributed by atoms with Gasteiger partial charge < -0.3 is 15.4 Å². The molecule has 2 aliphatic heterocycles. The molecule has 5 nitrogen and oxygen atoms in total. The Morgan fingerprint density at radius 1 is 1.48 bits per heavy atom. The maximum Gasteiger partial charge on any atom is 0.238 e. The Balaban J connectivity index is 1.69. The Hall–Kier alpha value is -1.59. The third-order valence-electron chi connectivity index (χ3n) is 4.26. The summed E-state index contributed by atoms with van der Waals surface area (Å²) in [6.07, 6.45) is 0. The van der Waals surface area contributed by atoms with Gasteiger partial charge in [-0.2, -0.15) is 0 Å². The number of benzene rings is 1. The Morgan fingerprint density at radius 2 is 2.33 bits per heavy atom. The van der Waals surface area contributed by atoms with E-state index < -0.39 is 0 Å². The Bertz CT molecular complexity index is 506. The number of ether oxygens (including phenoxy) is 1. The maximum absolute atomic E-state index is 12.2. The average molecular weight is 289 g/mol. The highest BCUT2D eigenvalue weighted by molar-refractivity contribution is 5.82. The minimum atomic E-state index is -0.0773. The smallest absolute Gasteiger partial charge is 0.238 e. The molecule has 1 amide bonds. The average Bonchev–Trinajstić information content (AvgIpc) is 2.91. The highest BCUT2D eigenvalue weighted by Crippen LogP contribution is 2.34. The minimum absolute atomic E-state index is 0.0773. The fourth-order valence-corrected chi connectivity index (χ4v) is 3.18. The van der Waals surface area contributed by atoms with Gasteiger partial charge >= 0.3 is 0 Å². The number of amides is 1. The van der Waals surface area contributed by atoms with Crippen LogP contribution < -0.4 is 15.4 Å². The first-order chi connectivity index (χ1) is 10.3. The fourth-order valence-electron chi connectivity index (χ4n) is 3.18. The molecule has 0 saturated carbocycles. The largest absolute Gasteiger partial charge is 0.493 e. The summed E-state index contributed by atoms with van der Waals surface area (Å²) in [5, 5.41) is 6.25. The summed E-state index contributed by atoms with van der Waals surface area (Å²) in [7, 11) is 0. The molecule has 2 atom stereocenters. The summed E-state index contributed by atoms with van der Waals surface area (Å²) in [5.74, 6) is 1.47. The highest BCUT2D eigenvalue weighted by Gasteiger charge is 2.32. The lowest BCUT2D eigenvalue weighted by Gasteiger charge is -2.36. The Morgan fingerprint density at radius 3 is 3.19 bits per heavy atom. The predicted octanol–water partition coefficient (Wildman–Crippen LogP) is 0.573. The summed E-state index contributed by atoms with van der Waals surface area (Å²) < 4.78 is 5.75. The lowest BCUT2D eigenvalue weighted by molar-refractivity contribution is -0.127. The van der Waals surface area contributed by atoms with Crippen LogP contribution in [0.2, 0.25) is 0 Å². The van der Waals surface area contributed by atoms with Crippen LogP contribution in [0.25, 0.3) is 0 Å². The summed E-state index contributed by atoms with van der Waals surface area (Å²) in [5.41, 5.74) is 1.27. The van der Waals surface area contributed by atoms with E-state index in [4.69, 9.17) is 4.74 Å². The molecule has 114 valence electrons. The van der Waals surface area contributed by atoms with Crippen LogP contribution in [-0.2, 0) is 4.79 Å². The zero-order valence-electron chi connectivity index (χ0n) is 12.5. The van der Waals surface area contributed by atoms with Crippen LogP contribution in [0.5, 0.6) is 5.75 Å². The monoisotopic (exact) mass is 289 g/mol. The third-order valence-corrected chi connectivity index (χ3v) is 4.26. The molecule has 21 heavy (non-hydrogen) atoms. The van der Waals surface area contributed by atoms with E-state index in [0.29, 0.717) is 19.1 Å². The molecule has 3 rings (SSSR count). The lowest BCUT2D eigenvalue weighted by atomic mass is 9.99. The summed E-state index contributed by atoms with van der Waals surface area (Å²) >= 11 is 0. The number of carbonyl (C=O) groups excluding carboxylic acids is 1. The van der Waals surface area contributed by atoms with Crippen molar-refractivity contribution in [3.8, 4) is 5.75 Å².